The first-order valence-corrected chi connectivity index (χ1v) is 9.83. The monoisotopic (exact) mass is 385 g/mol. The van der Waals surface area contributed by atoms with E-state index >= 15 is 0 Å². The van der Waals surface area contributed by atoms with Crippen LogP contribution in [0.5, 0.6) is 0 Å². The summed E-state index contributed by atoms with van der Waals surface area (Å²) in [5.41, 5.74) is 1.56. The van der Waals surface area contributed by atoms with Crippen molar-refractivity contribution in [1.29, 1.82) is 0 Å². The van der Waals surface area contributed by atoms with Crippen LogP contribution in [0.4, 0.5) is 5.69 Å². The molecule has 1 amide bonds. The van der Waals surface area contributed by atoms with E-state index in [0.29, 0.717) is 30.6 Å². The lowest BCUT2D eigenvalue weighted by Crippen LogP contribution is -2.52. The topological polar surface area (TPSA) is 45.7 Å². The van der Waals surface area contributed by atoms with E-state index in [4.69, 9.17) is 16.3 Å². The van der Waals surface area contributed by atoms with E-state index in [0.717, 1.165) is 32.5 Å². The van der Waals surface area contributed by atoms with E-state index < -0.39 is 0 Å². The van der Waals surface area contributed by atoms with E-state index in [1.165, 1.54) is 5.69 Å². The van der Waals surface area contributed by atoms with Crippen LogP contribution in [-0.2, 0) is 4.74 Å². The van der Waals surface area contributed by atoms with Gasteiger partial charge in [-0.2, -0.15) is 0 Å². The van der Waals surface area contributed by atoms with Crippen LogP contribution in [0.15, 0.2) is 48.5 Å². The molecule has 1 spiro atoms. The van der Waals surface area contributed by atoms with Crippen molar-refractivity contribution < 1.29 is 9.53 Å². The van der Waals surface area contributed by atoms with Crippen LogP contribution in [-0.4, -0.2) is 55.2 Å². The molecule has 0 bridgehead atoms. The Hall–Kier alpha value is -2.11. The molecule has 4 rings (SSSR count). The van der Waals surface area contributed by atoms with Gasteiger partial charge in [-0.15, -0.1) is 0 Å². The molecule has 6 heteroatoms. The molecule has 0 aliphatic carbocycles. The van der Waals surface area contributed by atoms with Crippen molar-refractivity contribution in [2.75, 3.05) is 44.3 Å². The summed E-state index contributed by atoms with van der Waals surface area (Å²) in [6.45, 7) is 4.59. The van der Waals surface area contributed by atoms with E-state index in [1.54, 1.807) is 18.2 Å². The highest BCUT2D eigenvalue weighted by atomic mass is 35.5. The number of ether oxygens (including phenoxy) is 1. The van der Waals surface area contributed by atoms with Gasteiger partial charge in [0.2, 0.25) is 0 Å². The first kappa shape index (κ1) is 18.3. The minimum Gasteiger partial charge on any atom is -0.379 e. The zero-order valence-corrected chi connectivity index (χ0v) is 16.1. The van der Waals surface area contributed by atoms with Gasteiger partial charge in [0, 0.05) is 37.3 Å². The minimum absolute atomic E-state index is 0.0490. The molecule has 2 fully saturated rings. The largest absolute Gasteiger partial charge is 0.379 e. The highest BCUT2D eigenvalue weighted by Crippen LogP contribution is 2.35. The van der Waals surface area contributed by atoms with Crippen LogP contribution in [0.2, 0.25) is 5.15 Å². The maximum Gasteiger partial charge on any atom is 0.272 e. The number of halogens is 1. The molecule has 2 aliphatic heterocycles. The van der Waals surface area contributed by atoms with Crippen molar-refractivity contribution in [3.63, 3.8) is 0 Å². The summed E-state index contributed by atoms with van der Waals surface area (Å²) in [6.07, 6.45) is 2.03. The van der Waals surface area contributed by atoms with Crippen LogP contribution < -0.4 is 4.90 Å². The predicted molar refractivity (Wildman–Crippen MR) is 106 cm³/mol. The maximum atomic E-state index is 13.0. The molecule has 2 aromatic rings. The number of para-hydroxylation sites is 1. The molecule has 3 heterocycles. The number of anilines is 1. The number of rotatable bonds is 2. The average Bonchev–Trinajstić information content (AvgIpc) is 2.91. The fraction of sp³-hybridized carbons (Fsp3) is 0.429. The molecular weight excluding hydrogens is 362 g/mol. The van der Waals surface area contributed by atoms with Gasteiger partial charge in [-0.3, -0.25) is 4.79 Å². The van der Waals surface area contributed by atoms with Gasteiger partial charge in [0.05, 0.1) is 13.2 Å². The maximum absolute atomic E-state index is 13.0. The van der Waals surface area contributed by atoms with E-state index in [-0.39, 0.29) is 11.3 Å². The van der Waals surface area contributed by atoms with Crippen molar-refractivity contribution in [2.45, 2.75) is 12.8 Å². The molecule has 0 N–H and O–H groups in total. The number of piperidine rings is 1. The van der Waals surface area contributed by atoms with Crippen LogP contribution in [0.3, 0.4) is 0 Å². The lowest BCUT2D eigenvalue weighted by molar-refractivity contribution is 0.0133. The van der Waals surface area contributed by atoms with Crippen molar-refractivity contribution in [3.05, 3.63) is 59.4 Å². The summed E-state index contributed by atoms with van der Waals surface area (Å²) in [7, 11) is 0. The minimum atomic E-state index is -0.0567. The smallest absolute Gasteiger partial charge is 0.272 e. The molecular formula is C21H24ClN3O2. The summed E-state index contributed by atoms with van der Waals surface area (Å²) >= 11 is 5.97. The third-order valence-corrected chi connectivity index (χ3v) is 5.65. The number of benzene rings is 1. The van der Waals surface area contributed by atoms with Gasteiger partial charge in [0.15, 0.2) is 0 Å². The van der Waals surface area contributed by atoms with Gasteiger partial charge < -0.3 is 14.5 Å². The summed E-state index contributed by atoms with van der Waals surface area (Å²) in [4.78, 5) is 21.5. The fourth-order valence-electron chi connectivity index (χ4n) is 4.17. The van der Waals surface area contributed by atoms with E-state index in [2.05, 4.69) is 34.1 Å². The van der Waals surface area contributed by atoms with Crippen LogP contribution in [0.1, 0.15) is 23.3 Å². The lowest BCUT2D eigenvalue weighted by atomic mass is 9.80. The lowest BCUT2D eigenvalue weighted by Gasteiger charge is -2.43. The molecule has 2 aliphatic rings. The highest BCUT2D eigenvalue weighted by molar-refractivity contribution is 6.29. The molecule has 0 saturated carbocycles. The van der Waals surface area contributed by atoms with Crippen LogP contribution >= 0.6 is 11.6 Å². The first-order chi connectivity index (χ1) is 13.2. The number of carbonyl (C=O) groups excluding carboxylic acids is 1. The Morgan fingerprint density at radius 2 is 1.93 bits per heavy atom. The first-order valence-electron chi connectivity index (χ1n) is 9.45. The molecule has 1 unspecified atom stereocenters. The second-order valence-electron chi connectivity index (χ2n) is 7.49. The third kappa shape index (κ3) is 4.09. The van der Waals surface area contributed by atoms with Gasteiger partial charge in [-0.25, -0.2) is 4.98 Å². The van der Waals surface area contributed by atoms with Crippen molar-refractivity contribution in [1.82, 2.24) is 9.88 Å². The molecule has 1 aromatic carbocycles. The Bertz CT molecular complexity index is 801. The Kier molecular flexibility index (Phi) is 5.32. The second kappa shape index (κ2) is 7.87. The van der Waals surface area contributed by atoms with Crippen molar-refractivity contribution >= 4 is 23.2 Å². The van der Waals surface area contributed by atoms with Gasteiger partial charge in [0.1, 0.15) is 10.8 Å². The standard InChI is InChI=1S/C21H24ClN3O2/c22-19-9-4-8-18(23-19)20(26)25-11-5-10-21(15-25)14-24(12-13-27-16-21)17-6-2-1-3-7-17/h1-4,6-9H,5,10-16H2. The van der Waals surface area contributed by atoms with Crippen molar-refractivity contribution in [2.24, 2.45) is 5.41 Å². The number of likely N-dealkylation sites (tertiary alicyclic amines) is 1. The number of nitrogens with zero attached hydrogens (tertiary/aromatic N) is 3. The normalized spacial score (nSPS) is 23.3. The van der Waals surface area contributed by atoms with E-state index in [9.17, 15) is 4.79 Å². The molecule has 142 valence electrons. The third-order valence-electron chi connectivity index (χ3n) is 5.44. The number of hydrogen-bond donors (Lipinski definition) is 0. The zero-order valence-electron chi connectivity index (χ0n) is 15.3. The Morgan fingerprint density at radius 3 is 2.74 bits per heavy atom. The number of hydrogen-bond acceptors (Lipinski definition) is 4. The highest BCUT2D eigenvalue weighted by Gasteiger charge is 2.40. The number of aromatic nitrogens is 1. The number of amides is 1. The molecule has 1 atom stereocenters. The van der Waals surface area contributed by atoms with Gasteiger partial charge in [-0.05, 0) is 37.1 Å². The Morgan fingerprint density at radius 1 is 1.07 bits per heavy atom. The van der Waals surface area contributed by atoms with E-state index in [1.807, 2.05) is 11.0 Å². The van der Waals surface area contributed by atoms with Crippen LogP contribution in [0, 0.1) is 5.41 Å². The second-order valence-corrected chi connectivity index (χ2v) is 7.87. The average molecular weight is 386 g/mol. The SMILES string of the molecule is O=C(c1cccc(Cl)n1)N1CCCC2(COCCN(c3ccccc3)C2)C1. The Labute approximate surface area is 164 Å². The predicted octanol–water partition coefficient (Wildman–Crippen LogP) is 3.49. The van der Waals surface area contributed by atoms with Gasteiger partial charge in [-0.1, -0.05) is 35.9 Å². The van der Waals surface area contributed by atoms with Gasteiger partial charge in [0.25, 0.3) is 5.91 Å². The Balaban J connectivity index is 1.54. The molecule has 1 aromatic heterocycles. The molecule has 5 nitrogen and oxygen atoms in total. The summed E-state index contributed by atoms with van der Waals surface area (Å²) in [5, 5.41) is 0.348. The summed E-state index contributed by atoms with van der Waals surface area (Å²) < 4.78 is 5.98. The van der Waals surface area contributed by atoms with Gasteiger partial charge >= 0.3 is 0 Å². The summed E-state index contributed by atoms with van der Waals surface area (Å²) in [6, 6.07) is 15.6. The fourth-order valence-corrected chi connectivity index (χ4v) is 4.33. The molecule has 2 saturated heterocycles. The summed E-state index contributed by atoms with van der Waals surface area (Å²) in [5.74, 6) is -0.0490. The molecule has 0 radical (unpaired) electrons. The number of carbonyl (C=O) groups is 1. The number of pyridine rings is 1. The van der Waals surface area contributed by atoms with Crippen molar-refractivity contribution in [3.8, 4) is 0 Å². The molecule has 27 heavy (non-hydrogen) atoms. The van der Waals surface area contributed by atoms with Crippen LogP contribution in [0.25, 0.3) is 0 Å². The zero-order chi connectivity index (χ0) is 18.7. The quantitative estimate of drug-likeness (QED) is 0.742.